The van der Waals surface area contributed by atoms with Crippen molar-refractivity contribution in [1.29, 1.82) is 0 Å². The monoisotopic (exact) mass is 336 g/mol. The van der Waals surface area contributed by atoms with Crippen LogP contribution in [0.3, 0.4) is 0 Å². The Morgan fingerprint density at radius 1 is 1.00 bits per heavy atom. The average molecular weight is 337 g/mol. The van der Waals surface area contributed by atoms with Crippen LogP contribution in [0, 0.1) is 0 Å². The molecular formula is C16H17BrO3. The second-order valence-electron chi connectivity index (χ2n) is 4.40. The number of benzene rings is 2. The number of halogens is 1. The van der Waals surface area contributed by atoms with E-state index in [4.69, 9.17) is 9.47 Å². The highest BCUT2D eigenvalue weighted by Crippen LogP contribution is 2.19. The van der Waals surface area contributed by atoms with Crippen LogP contribution in [0.5, 0.6) is 11.5 Å². The van der Waals surface area contributed by atoms with Crippen LogP contribution in [-0.2, 0) is 0 Å². The molecule has 1 unspecified atom stereocenters. The molecule has 2 aromatic rings. The van der Waals surface area contributed by atoms with Gasteiger partial charge < -0.3 is 14.6 Å². The molecule has 0 aliphatic carbocycles. The maximum atomic E-state index is 9.51. The number of rotatable bonds is 6. The SMILES string of the molecule is CC(O)c1cccc(OCCOc2cccc(Br)c2)c1. The first-order chi connectivity index (χ1) is 9.65. The average Bonchev–Trinajstić information content (AvgIpc) is 2.44. The topological polar surface area (TPSA) is 38.7 Å². The molecule has 0 radical (unpaired) electrons. The highest BCUT2D eigenvalue weighted by atomic mass is 79.9. The summed E-state index contributed by atoms with van der Waals surface area (Å²) in [7, 11) is 0. The molecule has 0 amide bonds. The van der Waals surface area contributed by atoms with Gasteiger partial charge in [0.2, 0.25) is 0 Å². The molecule has 0 spiro atoms. The smallest absolute Gasteiger partial charge is 0.122 e. The Bertz CT molecular complexity index is 555. The minimum absolute atomic E-state index is 0.454. The third-order valence-corrected chi connectivity index (χ3v) is 3.25. The van der Waals surface area contributed by atoms with E-state index >= 15 is 0 Å². The molecule has 2 aromatic carbocycles. The van der Waals surface area contributed by atoms with E-state index in [1.807, 2.05) is 48.5 Å². The Balaban J connectivity index is 1.80. The van der Waals surface area contributed by atoms with Crippen molar-refractivity contribution in [2.75, 3.05) is 13.2 Å². The fraction of sp³-hybridized carbons (Fsp3) is 0.250. The summed E-state index contributed by atoms with van der Waals surface area (Å²) in [6, 6.07) is 15.1. The van der Waals surface area contributed by atoms with Gasteiger partial charge in [-0.05, 0) is 42.8 Å². The molecule has 106 valence electrons. The maximum absolute atomic E-state index is 9.51. The van der Waals surface area contributed by atoms with E-state index in [1.165, 1.54) is 0 Å². The first-order valence-electron chi connectivity index (χ1n) is 6.44. The Hall–Kier alpha value is -1.52. The zero-order chi connectivity index (χ0) is 14.4. The van der Waals surface area contributed by atoms with E-state index in [0.29, 0.717) is 13.2 Å². The molecule has 4 heteroatoms. The van der Waals surface area contributed by atoms with Crippen LogP contribution < -0.4 is 9.47 Å². The van der Waals surface area contributed by atoms with Gasteiger partial charge in [0.25, 0.3) is 0 Å². The normalized spacial score (nSPS) is 11.9. The van der Waals surface area contributed by atoms with Crippen LogP contribution in [0.15, 0.2) is 53.0 Å². The Morgan fingerprint density at radius 2 is 1.60 bits per heavy atom. The van der Waals surface area contributed by atoms with Gasteiger partial charge in [-0.2, -0.15) is 0 Å². The summed E-state index contributed by atoms with van der Waals surface area (Å²) in [6.45, 7) is 2.65. The number of hydrogen-bond donors (Lipinski definition) is 1. The number of aliphatic hydroxyl groups is 1. The zero-order valence-corrected chi connectivity index (χ0v) is 12.8. The lowest BCUT2D eigenvalue weighted by atomic mass is 10.1. The van der Waals surface area contributed by atoms with E-state index in [-0.39, 0.29) is 0 Å². The maximum Gasteiger partial charge on any atom is 0.122 e. The van der Waals surface area contributed by atoms with Crippen molar-refractivity contribution in [3.8, 4) is 11.5 Å². The van der Waals surface area contributed by atoms with Crippen molar-refractivity contribution in [1.82, 2.24) is 0 Å². The van der Waals surface area contributed by atoms with E-state index < -0.39 is 6.10 Å². The first-order valence-corrected chi connectivity index (χ1v) is 7.23. The van der Waals surface area contributed by atoms with Crippen LogP contribution in [0.4, 0.5) is 0 Å². The third-order valence-electron chi connectivity index (χ3n) is 2.76. The second kappa shape index (κ2) is 7.31. The van der Waals surface area contributed by atoms with Gasteiger partial charge in [-0.1, -0.05) is 34.1 Å². The standard InChI is InChI=1S/C16H17BrO3/c1-12(18)13-4-2-6-15(10-13)19-8-9-20-16-7-3-5-14(17)11-16/h2-7,10-12,18H,8-9H2,1H3. The molecule has 2 rings (SSSR count). The predicted octanol–water partition coefficient (Wildman–Crippen LogP) is 3.96. The number of aliphatic hydroxyl groups excluding tert-OH is 1. The van der Waals surface area contributed by atoms with Crippen molar-refractivity contribution >= 4 is 15.9 Å². The third kappa shape index (κ3) is 4.54. The van der Waals surface area contributed by atoms with Crippen LogP contribution in [0.2, 0.25) is 0 Å². The highest BCUT2D eigenvalue weighted by Gasteiger charge is 2.02. The van der Waals surface area contributed by atoms with Gasteiger partial charge in [0.05, 0.1) is 6.10 Å². The van der Waals surface area contributed by atoms with Gasteiger partial charge in [0, 0.05) is 4.47 Å². The largest absolute Gasteiger partial charge is 0.490 e. The molecule has 1 atom stereocenters. The van der Waals surface area contributed by atoms with Crippen LogP contribution in [0.25, 0.3) is 0 Å². The molecule has 0 bridgehead atoms. The predicted molar refractivity (Wildman–Crippen MR) is 82.2 cm³/mol. The van der Waals surface area contributed by atoms with E-state index in [9.17, 15) is 5.11 Å². The number of ether oxygens (including phenoxy) is 2. The molecule has 0 heterocycles. The zero-order valence-electron chi connectivity index (χ0n) is 11.3. The van der Waals surface area contributed by atoms with Gasteiger partial charge in [-0.3, -0.25) is 0 Å². The van der Waals surface area contributed by atoms with Crippen molar-refractivity contribution in [2.24, 2.45) is 0 Å². The molecule has 0 aliphatic heterocycles. The molecule has 0 saturated heterocycles. The summed E-state index contributed by atoms with van der Waals surface area (Å²) in [5.41, 5.74) is 0.843. The molecule has 0 saturated carbocycles. The Kier molecular flexibility index (Phi) is 5.44. The molecule has 20 heavy (non-hydrogen) atoms. The summed E-state index contributed by atoms with van der Waals surface area (Å²) < 4.78 is 12.2. The lowest BCUT2D eigenvalue weighted by Crippen LogP contribution is -2.09. The Morgan fingerprint density at radius 3 is 2.20 bits per heavy atom. The van der Waals surface area contributed by atoms with E-state index in [1.54, 1.807) is 6.92 Å². The fourth-order valence-corrected chi connectivity index (χ4v) is 2.12. The molecule has 1 N–H and O–H groups in total. The second-order valence-corrected chi connectivity index (χ2v) is 5.32. The van der Waals surface area contributed by atoms with Crippen molar-refractivity contribution < 1.29 is 14.6 Å². The summed E-state index contributed by atoms with van der Waals surface area (Å²) >= 11 is 3.39. The van der Waals surface area contributed by atoms with Crippen LogP contribution in [-0.4, -0.2) is 18.3 Å². The van der Waals surface area contributed by atoms with Gasteiger partial charge in [0.15, 0.2) is 0 Å². The van der Waals surface area contributed by atoms with Crippen molar-refractivity contribution in [2.45, 2.75) is 13.0 Å². The summed E-state index contributed by atoms with van der Waals surface area (Å²) in [5, 5.41) is 9.51. The minimum Gasteiger partial charge on any atom is -0.490 e. The molecular weight excluding hydrogens is 320 g/mol. The fourth-order valence-electron chi connectivity index (χ4n) is 1.74. The summed E-state index contributed by atoms with van der Waals surface area (Å²) in [6.07, 6.45) is -0.489. The molecule has 0 aliphatic rings. The molecule has 0 fully saturated rings. The van der Waals surface area contributed by atoms with E-state index in [2.05, 4.69) is 15.9 Å². The van der Waals surface area contributed by atoms with E-state index in [0.717, 1.165) is 21.5 Å². The van der Waals surface area contributed by atoms with Gasteiger partial charge in [-0.15, -0.1) is 0 Å². The first kappa shape index (κ1) is 14.9. The lowest BCUT2D eigenvalue weighted by molar-refractivity contribution is 0.196. The van der Waals surface area contributed by atoms with Gasteiger partial charge in [0.1, 0.15) is 24.7 Å². The van der Waals surface area contributed by atoms with Gasteiger partial charge in [-0.25, -0.2) is 0 Å². The lowest BCUT2D eigenvalue weighted by Gasteiger charge is -2.10. The summed E-state index contributed by atoms with van der Waals surface area (Å²) in [4.78, 5) is 0. The highest BCUT2D eigenvalue weighted by molar-refractivity contribution is 9.10. The van der Waals surface area contributed by atoms with Crippen molar-refractivity contribution in [3.63, 3.8) is 0 Å². The minimum atomic E-state index is -0.489. The Labute approximate surface area is 127 Å². The summed E-state index contributed by atoms with van der Waals surface area (Å²) in [5.74, 6) is 1.54. The van der Waals surface area contributed by atoms with Crippen molar-refractivity contribution in [3.05, 3.63) is 58.6 Å². The number of hydrogen-bond acceptors (Lipinski definition) is 3. The van der Waals surface area contributed by atoms with Crippen LogP contribution in [0.1, 0.15) is 18.6 Å². The van der Waals surface area contributed by atoms with Gasteiger partial charge >= 0.3 is 0 Å². The molecule has 3 nitrogen and oxygen atoms in total. The quantitative estimate of drug-likeness (QED) is 0.811. The molecule has 0 aromatic heterocycles. The van der Waals surface area contributed by atoms with Crippen LogP contribution >= 0.6 is 15.9 Å².